The average Bonchev–Trinajstić information content (AvgIpc) is 2.44. The molecule has 2 rings (SSSR count). The lowest BCUT2D eigenvalue weighted by atomic mass is 10.0. The molecule has 1 aromatic carbocycles. The molecule has 1 aliphatic heterocycles. The lowest BCUT2D eigenvalue weighted by Gasteiger charge is -2.34. The third kappa shape index (κ3) is 3.15. The monoisotopic (exact) mass is 294 g/mol. The molecule has 1 fully saturated rings. The number of hydrogen-bond donors (Lipinski definition) is 1. The number of rotatable bonds is 4. The highest BCUT2D eigenvalue weighted by atomic mass is 19.1. The average molecular weight is 294 g/mol. The number of hydrogen-bond acceptors (Lipinski definition) is 3. The van der Waals surface area contributed by atoms with E-state index in [4.69, 9.17) is 4.74 Å². The molecule has 0 radical (unpaired) electrons. The van der Waals surface area contributed by atoms with E-state index in [1.807, 2.05) is 13.8 Å². The fourth-order valence-corrected chi connectivity index (χ4v) is 2.36. The van der Waals surface area contributed by atoms with Gasteiger partial charge < -0.3 is 15.0 Å². The molecular formula is C15H19FN2O3. The van der Waals surface area contributed by atoms with Crippen molar-refractivity contribution >= 4 is 11.8 Å². The zero-order chi connectivity index (χ0) is 15.6. The predicted octanol–water partition coefficient (Wildman–Crippen LogP) is 1.32. The first-order valence-corrected chi connectivity index (χ1v) is 6.83. The highest BCUT2D eigenvalue weighted by Crippen LogP contribution is 2.22. The molecular weight excluding hydrogens is 275 g/mol. The minimum Gasteiger partial charge on any atom is -0.494 e. The van der Waals surface area contributed by atoms with Gasteiger partial charge in [0.2, 0.25) is 11.8 Å². The van der Waals surface area contributed by atoms with E-state index in [-0.39, 0.29) is 36.6 Å². The zero-order valence-electron chi connectivity index (χ0n) is 12.4. The molecule has 1 heterocycles. The SMILES string of the molecule is COc1cccc(CN2CC(=O)NC(C(C)C)C2=O)c1F. The zero-order valence-corrected chi connectivity index (χ0v) is 12.4. The van der Waals surface area contributed by atoms with Crippen LogP contribution < -0.4 is 10.1 Å². The molecule has 6 heteroatoms. The normalized spacial score (nSPS) is 18.9. The van der Waals surface area contributed by atoms with Crippen molar-refractivity contribution in [3.63, 3.8) is 0 Å². The van der Waals surface area contributed by atoms with Crippen LogP contribution in [0.1, 0.15) is 19.4 Å². The largest absolute Gasteiger partial charge is 0.494 e. The molecule has 0 bridgehead atoms. The first-order chi connectivity index (χ1) is 9.93. The van der Waals surface area contributed by atoms with E-state index in [0.29, 0.717) is 5.56 Å². The summed E-state index contributed by atoms with van der Waals surface area (Å²) in [5.41, 5.74) is 0.333. The molecule has 0 aromatic heterocycles. The number of piperazine rings is 1. The van der Waals surface area contributed by atoms with Crippen LogP contribution in [-0.2, 0) is 16.1 Å². The number of halogens is 1. The number of benzene rings is 1. The van der Waals surface area contributed by atoms with Gasteiger partial charge in [-0.1, -0.05) is 26.0 Å². The summed E-state index contributed by atoms with van der Waals surface area (Å²) in [4.78, 5) is 25.4. The highest BCUT2D eigenvalue weighted by molar-refractivity contribution is 5.94. The minimum absolute atomic E-state index is 0.0144. The van der Waals surface area contributed by atoms with Crippen LogP contribution in [0, 0.1) is 11.7 Å². The van der Waals surface area contributed by atoms with Gasteiger partial charge in [0.1, 0.15) is 6.04 Å². The number of carbonyl (C=O) groups excluding carboxylic acids is 2. The van der Waals surface area contributed by atoms with Crippen molar-refractivity contribution in [1.82, 2.24) is 10.2 Å². The van der Waals surface area contributed by atoms with E-state index < -0.39 is 11.9 Å². The fourth-order valence-electron chi connectivity index (χ4n) is 2.36. The Morgan fingerprint density at radius 3 is 2.76 bits per heavy atom. The van der Waals surface area contributed by atoms with Crippen molar-refractivity contribution in [3.8, 4) is 5.75 Å². The summed E-state index contributed by atoms with van der Waals surface area (Å²) < 4.78 is 19.1. The van der Waals surface area contributed by atoms with Gasteiger partial charge in [-0.25, -0.2) is 4.39 Å². The van der Waals surface area contributed by atoms with E-state index in [1.54, 1.807) is 12.1 Å². The standard InChI is InChI=1S/C15H19FN2O3/c1-9(2)14-15(20)18(8-12(19)17-14)7-10-5-4-6-11(21-3)13(10)16/h4-6,9,14H,7-8H2,1-3H3,(H,17,19). The maximum Gasteiger partial charge on any atom is 0.246 e. The Morgan fingerprint density at radius 2 is 2.14 bits per heavy atom. The minimum atomic E-state index is -0.556. The first-order valence-electron chi connectivity index (χ1n) is 6.83. The summed E-state index contributed by atoms with van der Waals surface area (Å²) in [7, 11) is 1.39. The van der Waals surface area contributed by atoms with Crippen LogP contribution in [0.3, 0.4) is 0 Å². The van der Waals surface area contributed by atoms with Crippen LogP contribution in [0.25, 0.3) is 0 Å². The van der Waals surface area contributed by atoms with Gasteiger partial charge in [-0.3, -0.25) is 9.59 Å². The molecule has 5 nitrogen and oxygen atoms in total. The van der Waals surface area contributed by atoms with Crippen LogP contribution in [-0.4, -0.2) is 36.4 Å². The van der Waals surface area contributed by atoms with Crippen molar-refractivity contribution < 1.29 is 18.7 Å². The summed E-state index contributed by atoms with van der Waals surface area (Å²) in [5.74, 6) is -0.801. The van der Waals surface area contributed by atoms with Gasteiger partial charge in [-0.15, -0.1) is 0 Å². The Morgan fingerprint density at radius 1 is 1.43 bits per heavy atom. The molecule has 2 amide bonds. The highest BCUT2D eigenvalue weighted by Gasteiger charge is 2.34. The van der Waals surface area contributed by atoms with Crippen LogP contribution in [0.15, 0.2) is 18.2 Å². The van der Waals surface area contributed by atoms with Gasteiger partial charge in [0.25, 0.3) is 0 Å². The molecule has 1 saturated heterocycles. The second kappa shape index (κ2) is 6.11. The van der Waals surface area contributed by atoms with E-state index in [2.05, 4.69) is 5.32 Å². The molecule has 0 saturated carbocycles. The number of nitrogens with one attached hydrogen (secondary N) is 1. The molecule has 1 unspecified atom stereocenters. The number of methoxy groups -OCH3 is 1. The Labute approximate surface area is 123 Å². The first kappa shape index (κ1) is 15.3. The molecule has 1 N–H and O–H groups in total. The molecule has 0 aliphatic carbocycles. The van der Waals surface area contributed by atoms with Crippen LogP contribution in [0.5, 0.6) is 5.75 Å². The van der Waals surface area contributed by atoms with Crippen LogP contribution in [0.2, 0.25) is 0 Å². The van der Waals surface area contributed by atoms with Gasteiger partial charge in [-0.05, 0) is 12.0 Å². The Bertz CT molecular complexity index is 560. The molecule has 0 spiro atoms. The van der Waals surface area contributed by atoms with E-state index in [0.717, 1.165) is 0 Å². The van der Waals surface area contributed by atoms with Crippen LogP contribution in [0.4, 0.5) is 4.39 Å². The lowest BCUT2D eigenvalue weighted by Crippen LogP contribution is -2.59. The Hall–Kier alpha value is -2.11. The summed E-state index contributed by atoms with van der Waals surface area (Å²) in [6.45, 7) is 3.72. The molecule has 114 valence electrons. The van der Waals surface area contributed by atoms with Gasteiger partial charge in [0.15, 0.2) is 11.6 Å². The number of amides is 2. The summed E-state index contributed by atoms with van der Waals surface area (Å²) in [5, 5.41) is 2.67. The van der Waals surface area contributed by atoms with Crippen molar-refractivity contribution in [2.45, 2.75) is 26.4 Å². The van der Waals surface area contributed by atoms with E-state index in [9.17, 15) is 14.0 Å². The van der Waals surface area contributed by atoms with Crippen molar-refractivity contribution in [2.75, 3.05) is 13.7 Å². The number of nitrogens with zero attached hydrogens (tertiary/aromatic N) is 1. The van der Waals surface area contributed by atoms with Gasteiger partial charge >= 0.3 is 0 Å². The maximum absolute atomic E-state index is 14.1. The molecule has 1 atom stereocenters. The topological polar surface area (TPSA) is 58.6 Å². The van der Waals surface area contributed by atoms with E-state index >= 15 is 0 Å². The number of carbonyl (C=O) groups is 2. The maximum atomic E-state index is 14.1. The van der Waals surface area contributed by atoms with Crippen molar-refractivity contribution in [1.29, 1.82) is 0 Å². The Kier molecular flexibility index (Phi) is 4.45. The smallest absolute Gasteiger partial charge is 0.246 e. The summed E-state index contributed by atoms with van der Waals surface area (Å²) in [6.07, 6.45) is 0. The van der Waals surface area contributed by atoms with Gasteiger partial charge in [0, 0.05) is 12.1 Å². The fraction of sp³-hybridized carbons (Fsp3) is 0.467. The van der Waals surface area contributed by atoms with Gasteiger partial charge in [0.05, 0.1) is 13.7 Å². The van der Waals surface area contributed by atoms with Crippen molar-refractivity contribution in [2.24, 2.45) is 5.92 Å². The Balaban J connectivity index is 2.22. The summed E-state index contributed by atoms with van der Waals surface area (Å²) >= 11 is 0. The molecule has 1 aromatic rings. The molecule has 1 aliphatic rings. The third-order valence-corrected chi connectivity index (χ3v) is 3.52. The predicted molar refractivity (Wildman–Crippen MR) is 75.1 cm³/mol. The second-order valence-corrected chi connectivity index (χ2v) is 5.42. The molecule has 21 heavy (non-hydrogen) atoms. The van der Waals surface area contributed by atoms with Gasteiger partial charge in [-0.2, -0.15) is 0 Å². The van der Waals surface area contributed by atoms with Crippen molar-refractivity contribution in [3.05, 3.63) is 29.6 Å². The number of ether oxygens (including phenoxy) is 1. The quantitative estimate of drug-likeness (QED) is 0.911. The lowest BCUT2D eigenvalue weighted by molar-refractivity contribution is -0.146. The summed E-state index contributed by atoms with van der Waals surface area (Å²) in [6, 6.07) is 4.20. The van der Waals surface area contributed by atoms with E-state index in [1.165, 1.54) is 18.1 Å². The second-order valence-electron chi connectivity index (χ2n) is 5.42. The van der Waals surface area contributed by atoms with Crippen LogP contribution >= 0.6 is 0 Å². The third-order valence-electron chi connectivity index (χ3n) is 3.52.